The Morgan fingerprint density at radius 2 is 2.18 bits per heavy atom. The molecule has 5 heterocycles. The highest BCUT2D eigenvalue weighted by molar-refractivity contribution is 7.16. The molecule has 2 N–H and O–H groups in total. The van der Waals surface area contributed by atoms with Gasteiger partial charge in [-0.1, -0.05) is 11.3 Å². The van der Waals surface area contributed by atoms with Crippen molar-refractivity contribution in [3.8, 4) is 6.07 Å². The predicted octanol–water partition coefficient (Wildman–Crippen LogP) is 3.33. The van der Waals surface area contributed by atoms with E-state index in [1.54, 1.807) is 10.7 Å². The molecule has 0 aromatic carbocycles. The molecular formula is C21H18FN9OS. The summed E-state index contributed by atoms with van der Waals surface area (Å²) >= 11 is 1.22. The number of hydrogen-bond acceptors (Lipinski definition) is 9. The van der Waals surface area contributed by atoms with Gasteiger partial charge in [-0.15, -0.1) is 5.10 Å². The van der Waals surface area contributed by atoms with E-state index in [-0.39, 0.29) is 5.91 Å². The fourth-order valence-electron chi connectivity index (χ4n) is 3.85. The predicted molar refractivity (Wildman–Crippen MR) is 121 cm³/mol. The largest absolute Gasteiger partial charge is 0.325 e. The summed E-state index contributed by atoms with van der Waals surface area (Å²) in [5.41, 5.74) is 0.229. The molecule has 1 aliphatic heterocycles. The second-order valence-electron chi connectivity index (χ2n) is 7.72. The van der Waals surface area contributed by atoms with E-state index in [0.29, 0.717) is 40.4 Å². The summed E-state index contributed by atoms with van der Waals surface area (Å²) in [5.74, 6) is 0.0295. The van der Waals surface area contributed by atoms with Crippen LogP contribution in [0.4, 0.5) is 27.0 Å². The minimum atomic E-state index is -0.915. The smallest absolute Gasteiger partial charge is 0.250 e. The van der Waals surface area contributed by atoms with E-state index < -0.39 is 11.5 Å². The number of pyridine rings is 1. The van der Waals surface area contributed by atoms with Gasteiger partial charge in [-0.25, -0.2) is 14.5 Å². The maximum Gasteiger partial charge on any atom is 0.250 e. The minimum absolute atomic E-state index is 0.252. The molecule has 5 rings (SSSR count). The number of carbonyl (C=O) groups is 1. The van der Waals surface area contributed by atoms with E-state index in [1.807, 2.05) is 24.0 Å². The molecule has 0 aliphatic carbocycles. The number of carbonyl (C=O) groups excluding carboxylic acids is 1. The Morgan fingerprint density at radius 1 is 1.30 bits per heavy atom. The molecule has 0 unspecified atom stereocenters. The van der Waals surface area contributed by atoms with Crippen LogP contribution in [0.25, 0.3) is 5.52 Å². The van der Waals surface area contributed by atoms with Crippen molar-refractivity contribution in [1.82, 2.24) is 24.6 Å². The summed E-state index contributed by atoms with van der Waals surface area (Å²) in [7, 11) is 0. The molecule has 0 spiro atoms. The molecule has 10 nitrogen and oxygen atoms in total. The minimum Gasteiger partial charge on any atom is -0.325 e. The third-order valence-electron chi connectivity index (χ3n) is 5.58. The van der Waals surface area contributed by atoms with E-state index in [9.17, 15) is 9.18 Å². The van der Waals surface area contributed by atoms with Crippen LogP contribution in [0.15, 0.2) is 42.9 Å². The molecule has 33 heavy (non-hydrogen) atoms. The lowest BCUT2D eigenvalue weighted by Gasteiger charge is -2.34. The van der Waals surface area contributed by atoms with Crippen LogP contribution in [-0.2, 0) is 4.79 Å². The first-order valence-electron chi connectivity index (χ1n) is 10.2. The lowest BCUT2D eigenvalue weighted by Crippen LogP contribution is -2.51. The number of anilines is 4. The van der Waals surface area contributed by atoms with Crippen molar-refractivity contribution in [1.29, 1.82) is 5.26 Å². The summed E-state index contributed by atoms with van der Waals surface area (Å²) in [4.78, 5) is 28.1. The summed E-state index contributed by atoms with van der Waals surface area (Å²) in [6, 6.07) is 8.44. The molecule has 1 fully saturated rings. The highest BCUT2D eigenvalue weighted by Gasteiger charge is 2.45. The number of hydrogen-bond donors (Lipinski definition) is 2. The number of rotatable bonds is 5. The van der Waals surface area contributed by atoms with E-state index in [0.717, 1.165) is 11.9 Å². The Bertz CT molecular complexity index is 1380. The zero-order chi connectivity index (χ0) is 23.0. The van der Waals surface area contributed by atoms with Crippen LogP contribution in [0.2, 0.25) is 0 Å². The maximum absolute atomic E-state index is 13.2. The van der Waals surface area contributed by atoms with Crippen molar-refractivity contribution in [2.24, 2.45) is 0 Å². The number of nitrogens with one attached hydrogen (secondary N) is 2. The van der Waals surface area contributed by atoms with Gasteiger partial charge in [0.1, 0.15) is 22.0 Å². The van der Waals surface area contributed by atoms with E-state index in [1.165, 1.54) is 35.9 Å². The van der Waals surface area contributed by atoms with Gasteiger partial charge in [0.05, 0.1) is 18.1 Å². The van der Waals surface area contributed by atoms with Crippen LogP contribution >= 0.6 is 11.3 Å². The zero-order valence-corrected chi connectivity index (χ0v) is 18.3. The third kappa shape index (κ3) is 3.83. The standard InChI is InChI=1S/C21H18FN9OS/c1-21(18(32)26-13-5-6-16(22)24-11-13)7-3-8-30(21)19-27-17(15-4-2-9-31(15)29-19)28-20-25-12-14(10-23)33-20/h2,4-6,9,11-12H,3,7-8H2,1H3,(H,26,32)(H,25,27,28,29)/t21-/m0/s1. The van der Waals surface area contributed by atoms with Crippen LogP contribution in [0.3, 0.4) is 0 Å². The summed E-state index contributed by atoms with van der Waals surface area (Å²) in [6.45, 7) is 2.43. The van der Waals surface area contributed by atoms with Crippen LogP contribution in [0.1, 0.15) is 24.6 Å². The Morgan fingerprint density at radius 3 is 2.94 bits per heavy atom. The van der Waals surface area contributed by atoms with Crippen molar-refractivity contribution in [2.75, 3.05) is 22.1 Å². The van der Waals surface area contributed by atoms with Crippen molar-refractivity contribution < 1.29 is 9.18 Å². The fourth-order valence-corrected chi connectivity index (χ4v) is 4.46. The first-order valence-corrected chi connectivity index (χ1v) is 11.0. The Hall–Kier alpha value is -4.11. The lowest BCUT2D eigenvalue weighted by atomic mass is 9.97. The molecule has 1 aliphatic rings. The van der Waals surface area contributed by atoms with Gasteiger partial charge in [-0.2, -0.15) is 14.6 Å². The second-order valence-corrected chi connectivity index (χ2v) is 8.75. The van der Waals surface area contributed by atoms with Gasteiger partial charge in [0.25, 0.3) is 0 Å². The number of aromatic nitrogens is 5. The molecule has 0 radical (unpaired) electrons. The van der Waals surface area contributed by atoms with Crippen molar-refractivity contribution in [3.63, 3.8) is 0 Å². The van der Waals surface area contributed by atoms with Crippen molar-refractivity contribution in [3.05, 3.63) is 53.7 Å². The molecular weight excluding hydrogens is 445 g/mol. The molecule has 1 saturated heterocycles. The Labute approximate surface area is 191 Å². The van der Waals surface area contributed by atoms with E-state index in [4.69, 9.17) is 10.2 Å². The summed E-state index contributed by atoms with van der Waals surface area (Å²) in [5, 5.41) is 20.2. The monoisotopic (exact) mass is 463 g/mol. The van der Waals surface area contributed by atoms with Gasteiger partial charge in [-0.05, 0) is 44.0 Å². The zero-order valence-electron chi connectivity index (χ0n) is 17.5. The highest BCUT2D eigenvalue weighted by Crippen LogP contribution is 2.35. The van der Waals surface area contributed by atoms with Crippen LogP contribution in [-0.4, -0.2) is 42.6 Å². The number of thiazole rings is 1. The number of nitriles is 1. The molecule has 4 aromatic heterocycles. The number of amides is 1. The van der Waals surface area contributed by atoms with Gasteiger partial charge < -0.3 is 15.5 Å². The van der Waals surface area contributed by atoms with Gasteiger partial charge in [0.15, 0.2) is 10.9 Å². The van der Waals surface area contributed by atoms with Gasteiger partial charge in [0, 0.05) is 12.7 Å². The number of fused-ring (bicyclic) bond motifs is 1. The summed E-state index contributed by atoms with van der Waals surface area (Å²) < 4.78 is 14.8. The van der Waals surface area contributed by atoms with Gasteiger partial charge in [0.2, 0.25) is 17.8 Å². The normalized spacial score (nSPS) is 17.8. The molecule has 0 bridgehead atoms. The van der Waals surface area contributed by atoms with Crippen LogP contribution in [0.5, 0.6) is 0 Å². The third-order valence-corrected chi connectivity index (χ3v) is 6.40. The average molecular weight is 464 g/mol. The quantitative estimate of drug-likeness (QED) is 0.432. The first kappa shape index (κ1) is 20.8. The van der Waals surface area contributed by atoms with Crippen molar-refractivity contribution in [2.45, 2.75) is 25.3 Å². The average Bonchev–Trinajstić information content (AvgIpc) is 3.55. The molecule has 0 saturated carbocycles. The topological polar surface area (TPSA) is 124 Å². The molecule has 12 heteroatoms. The van der Waals surface area contributed by atoms with E-state index >= 15 is 0 Å². The summed E-state index contributed by atoms with van der Waals surface area (Å²) in [6.07, 6.45) is 5.95. The molecule has 166 valence electrons. The Balaban J connectivity index is 1.47. The number of nitrogens with zero attached hydrogens (tertiary/aromatic N) is 7. The second kappa shape index (κ2) is 8.10. The Kier molecular flexibility index (Phi) is 5.10. The molecule has 1 atom stereocenters. The number of halogens is 1. The van der Waals surface area contributed by atoms with Crippen LogP contribution < -0.4 is 15.5 Å². The SMILES string of the molecule is C[C@@]1(C(=O)Nc2ccc(F)nc2)CCCN1c1nc(Nc2ncc(C#N)s2)c2cccn2n1. The van der Waals surface area contributed by atoms with Crippen molar-refractivity contribution >= 4 is 45.3 Å². The highest BCUT2D eigenvalue weighted by atomic mass is 32.1. The molecule has 4 aromatic rings. The van der Waals surface area contributed by atoms with Gasteiger partial charge in [-0.3, -0.25) is 4.79 Å². The van der Waals surface area contributed by atoms with E-state index in [2.05, 4.69) is 31.8 Å². The van der Waals surface area contributed by atoms with Crippen LogP contribution in [0, 0.1) is 17.3 Å². The molecule has 1 amide bonds. The first-order chi connectivity index (χ1) is 16.0. The maximum atomic E-state index is 13.2. The van der Waals surface area contributed by atoms with Gasteiger partial charge >= 0.3 is 0 Å². The lowest BCUT2D eigenvalue weighted by molar-refractivity contribution is -0.120. The fraction of sp³-hybridized carbons (Fsp3) is 0.238.